The quantitative estimate of drug-likeness (QED) is 0.874. The van der Waals surface area contributed by atoms with E-state index in [1.54, 1.807) is 10.9 Å². The molecule has 24 heavy (non-hydrogen) atoms. The Hall–Kier alpha value is -2.30. The van der Waals surface area contributed by atoms with Crippen molar-refractivity contribution in [3.05, 3.63) is 41.7 Å². The summed E-state index contributed by atoms with van der Waals surface area (Å²) in [5.41, 5.74) is 2.94. The van der Waals surface area contributed by atoms with Crippen LogP contribution in [0.3, 0.4) is 0 Å². The SMILES string of the molecule is CCc1nn(C)cc1OC(=O)Nc1ccccc1CCC(C)(C)C. The van der Waals surface area contributed by atoms with Gasteiger partial charge in [-0.2, -0.15) is 5.10 Å². The molecular formula is C19H27N3O2. The van der Waals surface area contributed by atoms with Crippen LogP contribution in [0, 0.1) is 5.41 Å². The maximum absolute atomic E-state index is 12.2. The van der Waals surface area contributed by atoms with Crippen molar-refractivity contribution in [2.45, 2.75) is 47.0 Å². The van der Waals surface area contributed by atoms with Crippen molar-refractivity contribution in [2.24, 2.45) is 12.5 Å². The Morgan fingerprint density at radius 1 is 1.29 bits per heavy atom. The summed E-state index contributed by atoms with van der Waals surface area (Å²) >= 11 is 0. The molecule has 130 valence electrons. The Kier molecular flexibility index (Phi) is 5.65. The zero-order chi connectivity index (χ0) is 17.7. The molecule has 2 rings (SSSR count). The molecule has 0 unspecified atom stereocenters. The first-order valence-corrected chi connectivity index (χ1v) is 8.38. The molecule has 0 aliphatic heterocycles. The van der Waals surface area contributed by atoms with E-state index in [9.17, 15) is 4.79 Å². The summed E-state index contributed by atoms with van der Waals surface area (Å²) in [4.78, 5) is 12.2. The molecule has 1 N–H and O–H groups in total. The monoisotopic (exact) mass is 329 g/mol. The van der Waals surface area contributed by atoms with Crippen molar-refractivity contribution in [1.29, 1.82) is 0 Å². The van der Waals surface area contributed by atoms with Gasteiger partial charge in [0.2, 0.25) is 0 Å². The van der Waals surface area contributed by atoms with E-state index in [0.29, 0.717) is 12.2 Å². The van der Waals surface area contributed by atoms with Crippen molar-refractivity contribution in [1.82, 2.24) is 9.78 Å². The molecule has 1 amide bonds. The van der Waals surface area contributed by atoms with E-state index < -0.39 is 6.09 Å². The maximum atomic E-state index is 12.2. The number of anilines is 1. The molecule has 5 heteroatoms. The number of ether oxygens (including phenoxy) is 1. The lowest BCUT2D eigenvalue weighted by molar-refractivity contribution is 0.214. The highest BCUT2D eigenvalue weighted by Crippen LogP contribution is 2.25. The van der Waals surface area contributed by atoms with E-state index >= 15 is 0 Å². The summed E-state index contributed by atoms with van der Waals surface area (Å²) in [7, 11) is 1.81. The lowest BCUT2D eigenvalue weighted by Crippen LogP contribution is -2.18. The van der Waals surface area contributed by atoms with Crippen LogP contribution in [0.15, 0.2) is 30.5 Å². The Labute approximate surface area is 144 Å². The maximum Gasteiger partial charge on any atom is 0.417 e. The zero-order valence-electron chi connectivity index (χ0n) is 15.2. The van der Waals surface area contributed by atoms with Gasteiger partial charge < -0.3 is 4.74 Å². The highest BCUT2D eigenvalue weighted by molar-refractivity contribution is 5.87. The summed E-state index contributed by atoms with van der Waals surface area (Å²) in [5, 5.41) is 7.13. The number of aryl methyl sites for hydroxylation is 3. The molecule has 0 atom stereocenters. The topological polar surface area (TPSA) is 56.2 Å². The van der Waals surface area contributed by atoms with E-state index in [1.165, 1.54) is 0 Å². The van der Waals surface area contributed by atoms with Crippen LogP contribution in [-0.2, 0) is 19.9 Å². The van der Waals surface area contributed by atoms with Gasteiger partial charge in [-0.15, -0.1) is 0 Å². The molecule has 5 nitrogen and oxygen atoms in total. The predicted octanol–water partition coefficient (Wildman–Crippen LogP) is 4.57. The van der Waals surface area contributed by atoms with Crippen molar-refractivity contribution in [2.75, 3.05) is 5.32 Å². The van der Waals surface area contributed by atoms with E-state index in [2.05, 4.69) is 31.2 Å². The zero-order valence-corrected chi connectivity index (χ0v) is 15.2. The van der Waals surface area contributed by atoms with Crippen molar-refractivity contribution in [3.8, 4) is 5.75 Å². The van der Waals surface area contributed by atoms with Crippen LogP contribution in [-0.4, -0.2) is 15.9 Å². The molecule has 0 aliphatic rings. The normalized spacial score (nSPS) is 11.4. The molecule has 0 fully saturated rings. The molecule has 1 aromatic carbocycles. The van der Waals surface area contributed by atoms with Gasteiger partial charge in [0.25, 0.3) is 0 Å². The number of carbonyl (C=O) groups excluding carboxylic acids is 1. The van der Waals surface area contributed by atoms with Crippen LogP contribution < -0.4 is 10.1 Å². The number of carbonyl (C=O) groups is 1. The Morgan fingerprint density at radius 2 is 2.00 bits per heavy atom. The molecule has 0 saturated heterocycles. The first kappa shape index (κ1) is 18.0. The highest BCUT2D eigenvalue weighted by Gasteiger charge is 2.15. The highest BCUT2D eigenvalue weighted by atomic mass is 16.6. The van der Waals surface area contributed by atoms with Gasteiger partial charge in [0, 0.05) is 12.7 Å². The molecule has 0 bridgehead atoms. The molecule has 0 saturated carbocycles. The third-order valence-electron chi connectivity index (χ3n) is 3.80. The average molecular weight is 329 g/mol. The largest absolute Gasteiger partial charge is 0.417 e. The molecule has 0 radical (unpaired) electrons. The van der Waals surface area contributed by atoms with Gasteiger partial charge >= 0.3 is 6.09 Å². The first-order chi connectivity index (χ1) is 11.3. The Balaban J connectivity index is 2.06. The van der Waals surface area contributed by atoms with Crippen molar-refractivity contribution < 1.29 is 9.53 Å². The number of nitrogens with zero attached hydrogens (tertiary/aromatic N) is 2. The summed E-state index contributed by atoms with van der Waals surface area (Å²) < 4.78 is 7.08. The molecule has 0 spiro atoms. The fourth-order valence-electron chi connectivity index (χ4n) is 2.45. The third-order valence-corrected chi connectivity index (χ3v) is 3.80. The second-order valence-corrected chi connectivity index (χ2v) is 7.20. The minimum absolute atomic E-state index is 0.249. The number of benzene rings is 1. The number of para-hydroxylation sites is 1. The second-order valence-electron chi connectivity index (χ2n) is 7.20. The van der Waals surface area contributed by atoms with E-state index in [0.717, 1.165) is 29.8 Å². The van der Waals surface area contributed by atoms with E-state index in [4.69, 9.17) is 4.74 Å². The molecule has 1 heterocycles. The van der Waals surface area contributed by atoms with Crippen molar-refractivity contribution in [3.63, 3.8) is 0 Å². The molecule has 2 aromatic rings. The standard InChI is InChI=1S/C19H27N3O2/c1-6-15-17(13-22(5)21-15)24-18(23)20-16-10-8-7-9-14(16)11-12-19(2,3)4/h7-10,13H,6,11-12H2,1-5H3,(H,20,23). The van der Waals surface area contributed by atoms with Crippen LogP contribution in [0.1, 0.15) is 45.4 Å². The van der Waals surface area contributed by atoms with Crippen LogP contribution >= 0.6 is 0 Å². The summed E-state index contributed by atoms with van der Waals surface area (Å²) in [6, 6.07) is 7.86. The van der Waals surface area contributed by atoms with Gasteiger partial charge in [-0.25, -0.2) is 4.79 Å². The molecule has 1 aromatic heterocycles. The average Bonchev–Trinajstić information content (AvgIpc) is 2.85. The third kappa shape index (κ3) is 5.11. The summed E-state index contributed by atoms with van der Waals surface area (Å²) in [5.74, 6) is 0.504. The minimum atomic E-state index is -0.485. The Morgan fingerprint density at radius 3 is 2.67 bits per heavy atom. The summed E-state index contributed by atoms with van der Waals surface area (Å²) in [6.45, 7) is 8.62. The van der Waals surface area contributed by atoms with E-state index in [-0.39, 0.29) is 5.41 Å². The number of hydrogen-bond acceptors (Lipinski definition) is 3. The lowest BCUT2D eigenvalue weighted by Gasteiger charge is -2.19. The predicted molar refractivity (Wildman–Crippen MR) is 96.5 cm³/mol. The van der Waals surface area contributed by atoms with Gasteiger partial charge in [0.15, 0.2) is 5.75 Å². The van der Waals surface area contributed by atoms with Crippen molar-refractivity contribution >= 4 is 11.8 Å². The van der Waals surface area contributed by atoms with Crippen LogP contribution in [0.5, 0.6) is 5.75 Å². The van der Waals surface area contributed by atoms with Gasteiger partial charge in [0.05, 0.1) is 6.20 Å². The number of aromatic nitrogens is 2. The minimum Gasteiger partial charge on any atom is -0.406 e. The van der Waals surface area contributed by atoms with Gasteiger partial charge in [0.1, 0.15) is 5.69 Å². The number of amides is 1. The number of nitrogens with one attached hydrogen (secondary N) is 1. The molecule has 0 aliphatic carbocycles. The Bertz CT molecular complexity index is 699. The lowest BCUT2D eigenvalue weighted by atomic mass is 9.88. The van der Waals surface area contributed by atoms with Gasteiger partial charge in [-0.1, -0.05) is 45.9 Å². The fraction of sp³-hybridized carbons (Fsp3) is 0.474. The van der Waals surface area contributed by atoms with Crippen LogP contribution in [0.25, 0.3) is 0 Å². The van der Waals surface area contributed by atoms with Gasteiger partial charge in [-0.05, 0) is 36.3 Å². The second kappa shape index (κ2) is 7.51. The van der Waals surface area contributed by atoms with Gasteiger partial charge in [-0.3, -0.25) is 10.00 Å². The first-order valence-electron chi connectivity index (χ1n) is 8.38. The van der Waals surface area contributed by atoms with E-state index in [1.807, 2.05) is 38.2 Å². The number of rotatable bonds is 5. The van der Waals surface area contributed by atoms with Crippen LogP contribution in [0.2, 0.25) is 0 Å². The smallest absolute Gasteiger partial charge is 0.406 e. The number of hydrogen-bond donors (Lipinski definition) is 1. The fourth-order valence-corrected chi connectivity index (χ4v) is 2.45. The van der Waals surface area contributed by atoms with Crippen LogP contribution in [0.4, 0.5) is 10.5 Å². The summed E-state index contributed by atoms with van der Waals surface area (Å²) in [6.07, 6.45) is 3.90. The molecular weight excluding hydrogens is 302 g/mol.